The number of ether oxygens (including phenoxy) is 2. The van der Waals surface area contributed by atoms with E-state index in [2.05, 4.69) is 27.4 Å². The van der Waals surface area contributed by atoms with Gasteiger partial charge in [-0.15, -0.1) is 0 Å². The van der Waals surface area contributed by atoms with E-state index in [1.807, 2.05) is 42.5 Å². The molecule has 1 aromatic heterocycles. The number of methoxy groups -OCH3 is 2. The van der Waals surface area contributed by atoms with Gasteiger partial charge in [0.1, 0.15) is 0 Å². The molecule has 1 aliphatic carbocycles. The van der Waals surface area contributed by atoms with E-state index in [1.54, 1.807) is 38.3 Å². The number of fused-ring (bicyclic) bond motifs is 1. The molecule has 204 valence electrons. The number of nitrogens with zero attached hydrogens (tertiary/aromatic N) is 3. The van der Waals surface area contributed by atoms with Gasteiger partial charge in [-0.05, 0) is 60.2 Å². The first-order valence-electron chi connectivity index (χ1n) is 13.2. The first kappa shape index (κ1) is 26.9. The number of amides is 2. The third kappa shape index (κ3) is 5.81. The summed E-state index contributed by atoms with van der Waals surface area (Å²) in [5.74, 6) is 1.48. The molecule has 0 unspecified atom stereocenters. The van der Waals surface area contributed by atoms with E-state index in [9.17, 15) is 9.59 Å². The van der Waals surface area contributed by atoms with Crippen molar-refractivity contribution in [3.63, 3.8) is 0 Å². The summed E-state index contributed by atoms with van der Waals surface area (Å²) in [6, 6.07) is 21.2. The third-order valence-electron chi connectivity index (χ3n) is 7.25. The third-order valence-corrected chi connectivity index (χ3v) is 7.25. The zero-order chi connectivity index (χ0) is 28.1. The van der Waals surface area contributed by atoms with E-state index in [-0.39, 0.29) is 17.9 Å². The van der Waals surface area contributed by atoms with E-state index in [0.717, 1.165) is 18.4 Å². The van der Waals surface area contributed by atoms with Crippen LogP contribution in [0, 0.1) is 0 Å². The molecule has 0 fully saturated rings. The summed E-state index contributed by atoms with van der Waals surface area (Å²) in [6.45, 7) is 0.532. The molecule has 1 atom stereocenters. The number of aromatic nitrogens is 2. The zero-order valence-electron chi connectivity index (χ0n) is 22.9. The molecule has 0 aliphatic heterocycles. The van der Waals surface area contributed by atoms with Crippen molar-refractivity contribution in [1.82, 2.24) is 20.2 Å². The van der Waals surface area contributed by atoms with E-state index in [0.29, 0.717) is 47.0 Å². The lowest BCUT2D eigenvalue weighted by Gasteiger charge is -2.18. The van der Waals surface area contributed by atoms with Gasteiger partial charge in [0.05, 0.1) is 25.8 Å². The number of carbonyl (C=O) groups excluding carboxylic acids is 2. The van der Waals surface area contributed by atoms with Crippen molar-refractivity contribution in [2.75, 3.05) is 27.8 Å². The Bertz CT molecular complexity index is 1520. The van der Waals surface area contributed by atoms with Crippen LogP contribution in [0.2, 0.25) is 0 Å². The molecule has 0 bridgehead atoms. The molecule has 0 saturated heterocycles. The Balaban J connectivity index is 1.21. The van der Waals surface area contributed by atoms with Gasteiger partial charge in [-0.1, -0.05) is 42.5 Å². The highest BCUT2D eigenvalue weighted by Gasteiger charge is 2.24. The topological polar surface area (TPSA) is 93.7 Å². The quantitative estimate of drug-likeness (QED) is 0.327. The highest BCUT2D eigenvalue weighted by Crippen LogP contribution is 2.31. The molecule has 0 spiro atoms. The van der Waals surface area contributed by atoms with E-state index in [4.69, 9.17) is 9.47 Å². The number of hydrogen-bond donors (Lipinski definition) is 1. The number of carbonyl (C=O) groups is 2. The van der Waals surface area contributed by atoms with Crippen LogP contribution in [0.4, 0.5) is 0 Å². The van der Waals surface area contributed by atoms with Crippen LogP contribution in [0.5, 0.6) is 11.5 Å². The minimum absolute atomic E-state index is 0.00481. The van der Waals surface area contributed by atoms with Crippen LogP contribution in [-0.4, -0.2) is 54.5 Å². The summed E-state index contributed by atoms with van der Waals surface area (Å²) in [7, 11) is 4.99. The van der Waals surface area contributed by atoms with Gasteiger partial charge in [0, 0.05) is 37.1 Å². The van der Waals surface area contributed by atoms with Gasteiger partial charge in [-0.25, -0.2) is 9.97 Å². The molecular weight excluding hydrogens is 504 g/mol. The molecule has 8 heteroatoms. The van der Waals surface area contributed by atoms with Crippen molar-refractivity contribution in [2.45, 2.75) is 25.3 Å². The molecule has 0 saturated carbocycles. The monoisotopic (exact) mass is 536 g/mol. The number of likely N-dealkylation sites (N-methyl/N-ethyl adjacent to an activating group) is 1. The van der Waals surface area contributed by atoms with E-state index < -0.39 is 0 Å². The maximum Gasteiger partial charge on any atom is 0.254 e. The van der Waals surface area contributed by atoms with Gasteiger partial charge in [0.2, 0.25) is 0 Å². The standard InChI is InChI=1S/C32H32N4O4/c1-36(16-15-21-11-14-28(39-2)29(17-21)40-3)32(38)24-9-6-8-23(18-24)30-33-19-25(20-34-30)31(37)35-27-13-12-22-7-4-5-10-26(22)27/h4-11,14,17-20,27H,12-13,15-16H2,1-3H3,(H,35,37)/t27-/m1/s1. The summed E-state index contributed by atoms with van der Waals surface area (Å²) < 4.78 is 10.7. The van der Waals surface area contributed by atoms with Gasteiger partial charge < -0.3 is 19.7 Å². The Morgan fingerprint density at radius 1 is 0.925 bits per heavy atom. The lowest BCUT2D eigenvalue weighted by Crippen LogP contribution is -2.28. The molecule has 8 nitrogen and oxygen atoms in total. The van der Waals surface area contributed by atoms with E-state index >= 15 is 0 Å². The molecule has 1 aliphatic rings. The first-order valence-corrected chi connectivity index (χ1v) is 13.2. The molecule has 2 amide bonds. The van der Waals surface area contributed by atoms with Crippen LogP contribution in [0.1, 0.15) is 49.9 Å². The lowest BCUT2D eigenvalue weighted by atomic mass is 10.1. The molecule has 1 N–H and O–H groups in total. The van der Waals surface area contributed by atoms with Crippen molar-refractivity contribution >= 4 is 11.8 Å². The normalized spacial score (nSPS) is 13.8. The van der Waals surface area contributed by atoms with Crippen molar-refractivity contribution < 1.29 is 19.1 Å². The van der Waals surface area contributed by atoms with Crippen LogP contribution in [0.15, 0.2) is 79.1 Å². The Kier molecular flexibility index (Phi) is 8.05. The van der Waals surface area contributed by atoms with Crippen LogP contribution in [-0.2, 0) is 12.8 Å². The summed E-state index contributed by atoms with van der Waals surface area (Å²) >= 11 is 0. The molecular formula is C32H32N4O4. The molecule has 5 rings (SSSR count). The maximum absolute atomic E-state index is 13.2. The summed E-state index contributed by atoms with van der Waals surface area (Å²) in [5.41, 5.74) is 5.13. The molecule has 0 radical (unpaired) electrons. The first-order chi connectivity index (χ1) is 19.5. The summed E-state index contributed by atoms with van der Waals surface area (Å²) in [4.78, 5) is 36.5. The Hall–Kier alpha value is -4.72. The van der Waals surface area contributed by atoms with Crippen molar-refractivity contribution in [3.8, 4) is 22.9 Å². The van der Waals surface area contributed by atoms with Crippen LogP contribution in [0.3, 0.4) is 0 Å². The minimum atomic E-state index is -0.201. The van der Waals surface area contributed by atoms with Crippen LogP contribution in [0.25, 0.3) is 11.4 Å². The molecule has 40 heavy (non-hydrogen) atoms. The smallest absolute Gasteiger partial charge is 0.254 e. The molecule has 4 aromatic rings. The van der Waals surface area contributed by atoms with Gasteiger partial charge in [0.25, 0.3) is 11.8 Å². The lowest BCUT2D eigenvalue weighted by molar-refractivity contribution is 0.0796. The maximum atomic E-state index is 13.2. The molecule has 3 aromatic carbocycles. The highest BCUT2D eigenvalue weighted by atomic mass is 16.5. The van der Waals surface area contributed by atoms with Crippen molar-refractivity contribution in [2.24, 2.45) is 0 Å². The Morgan fingerprint density at radius 3 is 2.48 bits per heavy atom. The van der Waals surface area contributed by atoms with Crippen molar-refractivity contribution in [3.05, 3.63) is 107 Å². The summed E-state index contributed by atoms with van der Waals surface area (Å²) in [6.07, 6.45) is 5.57. The van der Waals surface area contributed by atoms with Crippen molar-refractivity contribution in [1.29, 1.82) is 0 Å². The van der Waals surface area contributed by atoms with Gasteiger partial charge in [-0.2, -0.15) is 0 Å². The summed E-state index contributed by atoms with van der Waals surface area (Å²) in [5, 5.41) is 3.10. The van der Waals surface area contributed by atoms with Gasteiger partial charge in [0.15, 0.2) is 17.3 Å². The number of aryl methyl sites for hydroxylation is 1. The fraction of sp³-hybridized carbons (Fsp3) is 0.250. The number of nitrogens with one attached hydrogen (secondary N) is 1. The fourth-order valence-electron chi connectivity index (χ4n) is 4.99. The second kappa shape index (κ2) is 12.0. The van der Waals surface area contributed by atoms with Crippen LogP contribution < -0.4 is 14.8 Å². The average Bonchev–Trinajstić information content (AvgIpc) is 3.41. The minimum Gasteiger partial charge on any atom is -0.493 e. The fourth-order valence-corrected chi connectivity index (χ4v) is 4.99. The van der Waals surface area contributed by atoms with E-state index in [1.165, 1.54) is 23.5 Å². The predicted molar refractivity (Wildman–Crippen MR) is 153 cm³/mol. The predicted octanol–water partition coefficient (Wildman–Crippen LogP) is 4.89. The average molecular weight is 537 g/mol. The highest BCUT2D eigenvalue weighted by molar-refractivity contribution is 5.95. The Morgan fingerprint density at radius 2 is 1.70 bits per heavy atom. The number of benzene rings is 3. The zero-order valence-corrected chi connectivity index (χ0v) is 22.9. The SMILES string of the molecule is COc1ccc(CCN(C)C(=O)c2cccc(-c3ncc(C(=O)N[C@@H]4CCc5ccccc54)cn3)c2)cc1OC. The molecule has 1 heterocycles. The van der Waals surface area contributed by atoms with Gasteiger partial charge >= 0.3 is 0 Å². The van der Waals surface area contributed by atoms with Gasteiger partial charge in [-0.3, -0.25) is 9.59 Å². The second-order valence-corrected chi connectivity index (χ2v) is 9.81. The second-order valence-electron chi connectivity index (χ2n) is 9.81. The van der Waals surface area contributed by atoms with Crippen LogP contribution >= 0.6 is 0 Å². The largest absolute Gasteiger partial charge is 0.493 e. The Labute approximate surface area is 234 Å². The number of rotatable bonds is 9. The number of hydrogen-bond acceptors (Lipinski definition) is 6.